The Labute approximate surface area is 148 Å². The van der Waals surface area contributed by atoms with Crippen molar-refractivity contribution in [1.29, 1.82) is 0 Å². The summed E-state index contributed by atoms with van der Waals surface area (Å²) in [6, 6.07) is 3.57. The maximum absolute atomic E-state index is 12.2. The molecule has 1 heterocycles. The van der Waals surface area contributed by atoms with Crippen molar-refractivity contribution in [2.75, 3.05) is 48.0 Å². The molecule has 1 saturated heterocycles. The van der Waals surface area contributed by atoms with Gasteiger partial charge in [-0.3, -0.25) is 9.69 Å². The third kappa shape index (κ3) is 5.11. The van der Waals surface area contributed by atoms with Crippen LogP contribution in [0.1, 0.15) is 12.0 Å². The Morgan fingerprint density at radius 3 is 2.52 bits per heavy atom. The smallest absolute Gasteiger partial charge is 0.225 e. The van der Waals surface area contributed by atoms with Crippen molar-refractivity contribution in [1.82, 2.24) is 15.5 Å². The van der Waals surface area contributed by atoms with Crippen LogP contribution in [0.2, 0.25) is 0 Å². The monoisotopic (exact) mass is 349 g/mol. The molecule has 0 bridgehead atoms. The minimum Gasteiger partial charge on any atom is -0.496 e. The minimum atomic E-state index is -0.0248. The molecule has 25 heavy (non-hydrogen) atoms. The number of benzene rings is 1. The van der Waals surface area contributed by atoms with Crippen LogP contribution in [0.15, 0.2) is 18.2 Å². The lowest BCUT2D eigenvalue weighted by Gasteiger charge is -2.33. The van der Waals surface area contributed by atoms with Crippen LogP contribution in [-0.4, -0.2) is 65.0 Å². The Kier molecular flexibility index (Phi) is 7.09. The molecule has 1 amide bonds. The molecule has 0 spiro atoms. The molecule has 0 aliphatic carbocycles. The number of carbonyl (C=O) groups is 1. The van der Waals surface area contributed by atoms with Gasteiger partial charge in [-0.15, -0.1) is 0 Å². The average Bonchev–Trinajstić information content (AvgIpc) is 2.63. The van der Waals surface area contributed by atoms with Gasteiger partial charge in [0.2, 0.25) is 5.91 Å². The third-order valence-corrected chi connectivity index (χ3v) is 4.18. The minimum absolute atomic E-state index is 0.0248. The summed E-state index contributed by atoms with van der Waals surface area (Å²) in [5.41, 5.74) is 0.773. The molecule has 1 aromatic carbocycles. The van der Waals surface area contributed by atoms with Crippen LogP contribution in [0.4, 0.5) is 0 Å². The maximum Gasteiger partial charge on any atom is 0.225 e. The van der Waals surface area contributed by atoms with Crippen LogP contribution in [0, 0.1) is 0 Å². The number of likely N-dealkylation sites (N-methyl/N-ethyl adjacent to an activating group) is 1. The van der Waals surface area contributed by atoms with E-state index in [1.807, 2.05) is 13.1 Å². The fourth-order valence-electron chi connectivity index (χ4n) is 2.69. The first-order valence-corrected chi connectivity index (χ1v) is 8.26. The van der Waals surface area contributed by atoms with Gasteiger partial charge < -0.3 is 24.8 Å². The molecular formula is C18H27N3O4. The van der Waals surface area contributed by atoms with Crippen LogP contribution in [0.3, 0.4) is 0 Å². The fourth-order valence-corrected chi connectivity index (χ4v) is 2.69. The molecule has 0 saturated carbocycles. The summed E-state index contributed by atoms with van der Waals surface area (Å²) in [5.74, 6) is 1.88. The van der Waals surface area contributed by atoms with Crippen molar-refractivity contribution >= 4 is 12.0 Å². The molecule has 2 N–H and O–H groups in total. The van der Waals surface area contributed by atoms with Gasteiger partial charge >= 0.3 is 0 Å². The number of nitrogens with zero attached hydrogens (tertiary/aromatic N) is 1. The summed E-state index contributed by atoms with van der Waals surface area (Å²) in [6.07, 6.45) is 3.94. The van der Waals surface area contributed by atoms with Gasteiger partial charge in [0, 0.05) is 38.2 Å². The highest BCUT2D eigenvalue weighted by molar-refractivity contribution is 5.79. The van der Waals surface area contributed by atoms with Crippen molar-refractivity contribution < 1.29 is 19.0 Å². The van der Waals surface area contributed by atoms with Gasteiger partial charge in [0.05, 0.1) is 33.1 Å². The molecule has 1 aliphatic rings. The summed E-state index contributed by atoms with van der Waals surface area (Å²) in [5, 5.41) is 6.30. The molecule has 0 aromatic heterocycles. The van der Waals surface area contributed by atoms with Gasteiger partial charge in [-0.05, 0) is 7.05 Å². The Hall–Kier alpha value is -2.25. The Bertz CT molecular complexity index is 593. The number of hydrogen-bond acceptors (Lipinski definition) is 6. The molecule has 138 valence electrons. The van der Waals surface area contributed by atoms with Gasteiger partial charge in [0.1, 0.15) is 17.2 Å². The van der Waals surface area contributed by atoms with Crippen molar-refractivity contribution in [2.24, 2.45) is 0 Å². The van der Waals surface area contributed by atoms with Gasteiger partial charge in [-0.25, -0.2) is 0 Å². The van der Waals surface area contributed by atoms with Crippen LogP contribution >= 0.6 is 0 Å². The van der Waals surface area contributed by atoms with Crippen molar-refractivity contribution in [3.05, 3.63) is 23.8 Å². The lowest BCUT2D eigenvalue weighted by molar-refractivity contribution is -0.122. The number of hydrogen-bond donors (Lipinski definition) is 2. The Balaban J connectivity index is 2.02. The standard InChI is InChI=1S/C18H27N3O4/c1-21-9-8-19-12-17(21)20-18(22)7-5-6-14-15(24-3)10-13(23-2)11-16(14)25-4/h5-6,10-11,17,19H,7-9,12H2,1-4H3,(H,20,22). The fraction of sp³-hybridized carbons (Fsp3) is 0.500. The lowest BCUT2D eigenvalue weighted by atomic mass is 10.1. The topological polar surface area (TPSA) is 72.1 Å². The molecule has 7 nitrogen and oxygen atoms in total. The van der Waals surface area contributed by atoms with Crippen LogP contribution in [-0.2, 0) is 4.79 Å². The number of carbonyl (C=O) groups excluding carboxylic acids is 1. The predicted octanol–water partition coefficient (Wildman–Crippen LogP) is 1.09. The normalized spacial score (nSPS) is 18.2. The van der Waals surface area contributed by atoms with Crippen LogP contribution < -0.4 is 24.8 Å². The highest BCUT2D eigenvalue weighted by Crippen LogP contribution is 2.35. The highest BCUT2D eigenvalue weighted by Gasteiger charge is 2.19. The van der Waals surface area contributed by atoms with E-state index in [-0.39, 0.29) is 18.5 Å². The van der Waals surface area contributed by atoms with E-state index in [9.17, 15) is 4.79 Å². The maximum atomic E-state index is 12.2. The molecule has 2 rings (SSSR count). The number of amides is 1. The first kappa shape index (κ1) is 19.1. The first-order chi connectivity index (χ1) is 12.1. The molecule has 1 aromatic rings. The summed E-state index contributed by atoms with van der Waals surface area (Å²) in [7, 11) is 6.77. The van der Waals surface area contributed by atoms with Crippen molar-refractivity contribution in [3.8, 4) is 17.2 Å². The van der Waals surface area contributed by atoms with Gasteiger partial charge in [-0.1, -0.05) is 12.2 Å². The van der Waals surface area contributed by atoms with Gasteiger partial charge in [0.25, 0.3) is 0 Å². The molecule has 0 radical (unpaired) electrons. The van der Waals surface area contributed by atoms with E-state index in [0.717, 1.165) is 25.2 Å². The summed E-state index contributed by atoms with van der Waals surface area (Å²) in [6.45, 7) is 2.62. The van der Waals surface area contributed by atoms with Crippen molar-refractivity contribution in [2.45, 2.75) is 12.6 Å². The lowest BCUT2D eigenvalue weighted by Crippen LogP contribution is -2.57. The zero-order chi connectivity index (χ0) is 18.2. The molecule has 1 fully saturated rings. The number of ether oxygens (including phenoxy) is 3. The average molecular weight is 349 g/mol. The predicted molar refractivity (Wildman–Crippen MR) is 97.2 cm³/mol. The SMILES string of the molecule is COc1cc(OC)c(C=CCC(=O)NC2CNCCN2C)c(OC)c1. The van der Waals surface area contributed by atoms with E-state index in [0.29, 0.717) is 17.2 Å². The number of rotatable bonds is 7. The largest absolute Gasteiger partial charge is 0.496 e. The number of nitrogens with one attached hydrogen (secondary N) is 2. The zero-order valence-corrected chi connectivity index (χ0v) is 15.3. The Morgan fingerprint density at radius 1 is 1.28 bits per heavy atom. The Morgan fingerprint density at radius 2 is 1.96 bits per heavy atom. The van der Waals surface area contributed by atoms with E-state index < -0.39 is 0 Å². The van der Waals surface area contributed by atoms with E-state index in [1.54, 1.807) is 39.5 Å². The summed E-state index contributed by atoms with van der Waals surface area (Å²) in [4.78, 5) is 14.3. The van der Waals surface area contributed by atoms with E-state index >= 15 is 0 Å². The third-order valence-electron chi connectivity index (χ3n) is 4.18. The van der Waals surface area contributed by atoms with Gasteiger partial charge in [-0.2, -0.15) is 0 Å². The zero-order valence-electron chi connectivity index (χ0n) is 15.3. The first-order valence-electron chi connectivity index (χ1n) is 8.26. The van der Waals surface area contributed by atoms with E-state index in [2.05, 4.69) is 15.5 Å². The van der Waals surface area contributed by atoms with E-state index in [4.69, 9.17) is 14.2 Å². The summed E-state index contributed by atoms with van der Waals surface area (Å²) < 4.78 is 16.0. The summed E-state index contributed by atoms with van der Waals surface area (Å²) >= 11 is 0. The molecule has 7 heteroatoms. The quantitative estimate of drug-likeness (QED) is 0.768. The number of methoxy groups -OCH3 is 3. The van der Waals surface area contributed by atoms with Gasteiger partial charge in [0.15, 0.2) is 0 Å². The second-order valence-corrected chi connectivity index (χ2v) is 5.82. The second kappa shape index (κ2) is 9.29. The van der Waals surface area contributed by atoms with Crippen LogP contribution in [0.5, 0.6) is 17.2 Å². The molecule has 1 atom stereocenters. The molecule has 1 unspecified atom stereocenters. The number of piperazine rings is 1. The molecule has 1 aliphatic heterocycles. The molecular weight excluding hydrogens is 322 g/mol. The van der Waals surface area contributed by atoms with E-state index in [1.165, 1.54) is 0 Å². The second-order valence-electron chi connectivity index (χ2n) is 5.82. The van der Waals surface area contributed by atoms with Crippen molar-refractivity contribution in [3.63, 3.8) is 0 Å². The van der Waals surface area contributed by atoms with Crippen LogP contribution in [0.25, 0.3) is 6.08 Å². The highest BCUT2D eigenvalue weighted by atomic mass is 16.5.